The first-order chi connectivity index (χ1) is 10.5. The van der Waals surface area contributed by atoms with Gasteiger partial charge in [-0.25, -0.2) is 4.99 Å². The van der Waals surface area contributed by atoms with E-state index in [-0.39, 0.29) is 36.4 Å². The van der Waals surface area contributed by atoms with Gasteiger partial charge in [-0.15, -0.1) is 24.0 Å². The molecule has 7 heteroatoms. The Morgan fingerprint density at radius 3 is 2.35 bits per heavy atom. The van der Waals surface area contributed by atoms with Crippen LogP contribution >= 0.6 is 35.6 Å². The van der Waals surface area contributed by atoms with E-state index in [0.717, 1.165) is 31.0 Å². The number of rotatable bonds is 7. The number of likely N-dealkylation sites (N-methyl/N-ethyl adjacent to an activating group) is 1. The predicted octanol–water partition coefficient (Wildman–Crippen LogP) is 2.53. The lowest BCUT2D eigenvalue weighted by Crippen LogP contribution is -2.39. The SMILES string of the molecule is CCCNC(=NCC(=O)N(C)C)NCCc1ccc(Cl)cc1.I. The number of nitrogens with one attached hydrogen (secondary N) is 2. The van der Waals surface area contributed by atoms with Gasteiger partial charge in [-0.05, 0) is 30.5 Å². The summed E-state index contributed by atoms with van der Waals surface area (Å²) in [6.45, 7) is 3.80. The summed E-state index contributed by atoms with van der Waals surface area (Å²) in [5.41, 5.74) is 1.20. The van der Waals surface area contributed by atoms with Crippen LogP contribution in [0.25, 0.3) is 0 Å². The molecule has 0 aliphatic rings. The molecule has 0 fully saturated rings. The third-order valence-electron chi connectivity index (χ3n) is 3.03. The molecule has 23 heavy (non-hydrogen) atoms. The lowest BCUT2D eigenvalue weighted by atomic mass is 10.1. The van der Waals surface area contributed by atoms with Crippen molar-refractivity contribution in [3.05, 3.63) is 34.9 Å². The number of carbonyl (C=O) groups is 1. The standard InChI is InChI=1S/C16H25ClN4O.HI/c1-4-10-18-16(20-12-15(22)21(2)3)19-11-9-13-5-7-14(17)8-6-13;/h5-8H,4,9-12H2,1-3H3,(H2,18,19,20);1H. The van der Waals surface area contributed by atoms with Crippen LogP contribution in [0.2, 0.25) is 5.02 Å². The number of guanidine groups is 1. The maximum atomic E-state index is 11.6. The van der Waals surface area contributed by atoms with Gasteiger partial charge in [-0.1, -0.05) is 30.7 Å². The van der Waals surface area contributed by atoms with Crippen LogP contribution in [0.1, 0.15) is 18.9 Å². The molecule has 0 spiro atoms. The number of halogens is 2. The van der Waals surface area contributed by atoms with Crippen molar-refractivity contribution in [3.63, 3.8) is 0 Å². The normalized spacial score (nSPS) is 10.7. The highest BCUT2D eigenvalue weighted by atomic mass is 127. The van der Waals surface area contributed by atoms with Crippen LogP contribution in [0, 0.1) is 0 Å². The Balaban J connectivity index is 0.00000484. The zero-order valence-corrected chi connectivity index (χ0v) is 17.0. The average molecular weight is 453 g/mol. The van der Waals surface area contributed by atoms with Crippen LogP contribution in [0.4, 0.5) is 0 Å². The van der Waals surface area contributed by atoms with E-state index in [4.69, 9.17) is 11.6 Å². The van der Waals surface area contributed by atoms with E-state index in [0.29, 0.717) is 5.96 Å². The van der Waals surface area contributed by atoms with Crippen molar-refractivity contribution >= 4 is 47.4 Å². The summed E-state index contributed by atoms with van der Waals surface area (Å²) in [5, 5.41) is 7.19. The molecule has 0 heterocycles. The minimum atomic E-state index is -0.0182. The van der Waals surface area contributed by atoms with Gasteiger partial charge in [0, 0.05) is 32.2 Å². The van der Waals surface area contributed by atoms with Crippen LogP contribution < -0.4 is 10.6 Å². The summed E-state index contributed by atoms with van der Waals surface area (Å²) in [6, 6.07) is 7.79. The molecular weight excluding hydrogens is 427 g/mol. The summed E-state index contributed by atoms with van der Waals surface area (Å²) < 4.78 is 0. The molecule has 0 saturated heterocycles. The molecular formula is C16H26ClIN4O. The van der Waals surface area contributed by atoms with Gasteiger partial charge in [0.2, 0.25) is 5.91 Å². The lowest BCUT2D eigenvalue weighted by Gasteiger charge is -2.13. The maximum Gasteiger partial charge on any atom is 0.243 e. The molecule has 0 unspecified atom stereocenters. The highest BCUT2D eigenvalue weighted by molar-refractivity contribution is 14.0. The Kier molecular flexibility index (Phi) is 11.9. The number of benzene rings is 1. The fourth-order valence-electron chi connectivity index (χ4n) is 1.68. The molecule has 0 radical (unpaired) electrons. The smallest absolute Gasteiger partial charge is 0.243 e. The zero-order valence-electron chi connectivity index (χ0n) is 13.9. The van der Waals surface area contributed by atoms with Crippen molar-refractivity contribution in [2.45, 2.75) is 19.8 Å². The fourth-order valence-corrected chi connectivity index (χ4v) is 1.81. The van der Waals surface area contributed by atoms with Crippen LogP contribution in [0.15, 0.2) is 29.3 Å². The van der Waals surface area contributed by atoms with Crippen molar-refractivity contribution in [1.29, 1.82) is 0 Å². The van der Waals surface area contributed by atoms with Gasteiger partial charge in [0.25, 0.3) is 0 Å². The largest absolute Gasteiger partial charge is 0.356 e. The van der Waals surface area contributed by atoms with Gasteiger partial charge in [0.1, 0.15) is 6.54 Å². The third kappa shape index (κ3) is 9.65. The quantitative estimate of drug-likeness (QED) is 0.380. The second-order valence-corrected chi connectivity index (χ2v) is 5.62. The summed E-state index contributed by atoms with van der Waals surface area (Å²) in [5.74, 6) is 0.654. The number of hydrogen-bond donors (Lipinski definition) is 2. The monoisotopic (exact) mass is 452 g/mol. The Bertz CT molecular complexity index is 491. The fraction of sp³-hybridized carbons (Fsp3) is 0.500. The Morgan fingerprint density at radius 2 is 1.78 bits per heavy atom. The molecule has 1 amide bonds. The van der Waals surface area contributed by atoms with Crippen LogP contribution in [-0.4, -0.2) is 50.5 Å². The molecule has 1 aromatic carbocycles. The molecule has 0 atom stereocenters. The average Bonchev–Trinajstić information content (AvgIpc) is 2.50. The van der Waals surface area contributed by atoms with Crippen LogP contribution in [-0.2, 0) is 11.2 Å². The van der Waals surface area contributed by atoms with Crippen molar-refractivity contribution < 1.29 is 4.79 Å². The Morgan fingerprint density at radius 1 is 1.17 bits per heavy atom. The highest BCUT2D eigenvalue weighted by Crippen LogP contribution is 2.09. The summed E-state index contributed by atoms with van der Waals surface area (Å²) in [4.78, 5) is 17.4. The molecule has 0 aliphatic carbocycles. The van der Waals surface area contributed by atoms with E-state index in [9.17, 15) is 4.79 Å². The van der Waals surface area contributed by atoms with Crippen molar-refractivity contribution in [1.82, 2.24) is 15.5 Å². The molecule has 5 nitrogen and oxygen atoms in total. The molecule has 0 saturated carbocycles. The molecule has 130 valence electrons. The molecule has 0 aromatic heterocycles. The summed E-state index contributed by atoms with van der Waals surface area (Å²) in [7, 11) is 3.45. The maximum absolute atomic E-state index is 11.6. The van der Waals surface area contributed by atoms with Crippen molar-refractivity contribution in [2.24, 2.45) is 4.99 Å². The zero-order chi connectivity index (χ0) is 16.4. The van der Waals surface area contributed by atoms with Crippen LogP contribution in [0.3, 0.4) is 0 Å². The van der Waals surface area contributed by atoms with E-state index >= 15 is 0 Å². The number of amides is 1. The number of hydrogen-bond acceptors (Lipinski definition) is 2. The van der Waals surface area contributed by atoms with Crippen LogP contribution in [0.5, 0.6) is 0 Å². The first kappa shape index (κ1) is 22.0. The van der Waals surface area contributed by atoms with Gasteiger partial charge < -0.3 is 15.5 Å². The number of aliphatic imine (C=N–C) groups is 1. The van der Waals surface area contributed by atoms with Crippen molar-refractivity contribution in [2.75, 3.05) is 33.7 Å². The van der Waals surface area contributed by atoms with E-state index in [1.54, 1.807) is 14.1 Å². The molecule has 1 aromatic rings. The van der Waals surface area contributed by atoms with E-state index in [1.807, 2.05) is 24.3 Å². The summed E-state index contributed by atoms with van der Waals surface area (Å²) in [6.07, 6.45) is 1.87. The lowest BCUT2D eigenvalue weighted by molar-refractivity contribution is -0.127. The summed E-state index contributed by atoms with van der Waals surface area (Å²) >= 11 is 5.87. The van der Waals surface area contributed by atoms with Gasteiger partial charge in [-0.2, -0.15) is 0 Å². The molecule has 0 bridgehead atoms. The number of nitrogens with zero attached hydrogens (tertiary/aromatic N) is 2. The first-order valence-electron chi connectivity index (χ1n) is 7.49. The van der Waals surface area contributed by atoms with Gasteiger partial charge in [0.05, 0.1) is 0 Å². The minimum Gasteiger partial charge on any atom is -0.356 e. The second kappa shape index (κ2) is 12.4. The van der Waals surface area contributed by atoms with Gasteiger partial charge in [0.15, 0.2) is 5.96 Å². The topological polar surface area (TPSA) is 56.7 Å². The van der Waals surface area contributed by atoms with Gasteiger partial charge in [-0.3, -0.25) is 4.79 Å². The third-order valence-corrected chi connectivity index (χ3v) is 3.29. The molecule has 0 aliphatic heterocycles. The minimum absolute atomic E-state index is 0. The van der Waals surface area contributed by atoms with E-state index < -0.39 is 0 Å². The van der Waals surface area contributed by atoms with E-state index in [2.05, 4.69) is 22.5 Å². The second-order valence-electron chi connectivity index (χ2n) is 5.18. The van der Waals surface area contributed by atoms with Gasteiger partial charge >= 0.3 is 0 Å². The molecule has 1 rings (SSSR count). The van der Waals surface area contributed by atoms with Crippen molar-refractivity contribution in [3.8, 4) is 0 Å². The van der Waals surface area contributed by atoms with E-state index in [1.165, 1.54) is 10.5 Å². The highest BCUT2D eigenvalue weighted by Gasteiger charge is 2.04. The first-order valence-corrected chi connectivity index (χ1v) is 7.87. The number of carbonyl (C=O) groups excluding carboxylic acids is 1. The Hall–Kier alpha value is -1.02. The predicted molar refractivity (Wildman–Crippen MR) is 108 cm³/mol. The Labute approximate surface area is 160 Å². The molecule has 2 N–H and O–H groups in total.